The molecule has 0 bridgehead atoms. The summed E-state index contributed by atoms with van der Waals surface area (Å²) in [6, 6.07) is 0. The first-order chi connectivity index (χ1) is 4.97. The van der Waals surface area contributed by atoms with E-state index in [0.29, 0.717) is 0 Å². The van der Waals surface area contributed by atoms with Crippen molar-refractivity contribution in [3.63, 3.8) is 0 Å². The van der Waals surface area contributed by atoms with Crippen LogP contribution in [0.5, 0.6) is 0 Å². The van der Waals surface area contributed by atoms with Crippen LogP contribution in [-0.4, -0.2) is 19.8 Å². The first-order valence-electron chi connectivity index (χ1n) is 3.67. The first-order valence-corrected chi connectivity index (χ1v) is 3.67. The van der Waals surface area contributed by atoms with Gasteiger partial charge >= 0.3 is 0 Å². The number of nitrogens with one attached hydrogen (secondary N) is 1. The van der Waals surface area contributed by atoms with Crippen molar-refractivity contribution in [2.45, 2.75) is 6.42 Å². The fraction of sp³-hybridized carbons (Fsp3) is 0.500. The minimum absolute atomic E-state index is 0.791. The maximum atomic E-state index is 5.29. The van der Waals surface area contributed by atoms with Crippen LogP contribution >= 0.6 is 0 Å². The summed E-state index contributed by atoms with van der Waals surface area (Å²) in [4.78, 5) is 0. The van der Waals surface area contributed by atoms with E-state index < -0.39 is 0 Å². The molecule has 0 unspecified atom stereocenters. The number of ether oxygens (including phenoxy) is 1. The second-order valence-electron chi connectivity index (χ2n) is 2.59. The molecule has 2 aliphatic rings. The Bertz CT molecular complexity index is 193. The van der Waals surface area contributed by atoms with Gasteiger partial charge in [-0.15, -0.1) is 0 Å². The van der Waals surface area contributed by atoms with Gasteiger partial charge in [0.15, 0.2) is 0 Å². The highest BCUT2D eigenvalue weighted by atomic mass is 16.5. The number of hydrogen-bond donors (Lipinski definition) is 1. The molecule has 0 saturated heterocycles. The van der Waals surface area contributed by atoms with Crippen molar-refractivity contribution in [2.75, 3.05) is 19.8 Å². The third kappa shape index (κ3) is 0.948. The van der Waals surface area contributed by atoms with Crippen LogP contribution in [0.3, 0.4) is 0 Å². The average Bonchev–Trinajstić information content (AvgIpc) is 2.05. The van der Waals surface area contributed by atoms with Gasteiger partial charge < -0.3 is 10.1 Å². The van der Waals surface area contributed by atoms with Crippen LogP contribution in [0, 0.1) is 0 Å². The van der Waals surface area contributed by atoms with Crippen LogP contribution in [0.2, 0.25) is 0 Å². The fourth-order valence-corrected chi connectivity index (χ4v) is 1.34. The third-order valence-electron chi connectivity index (χ3n) is 1.89. The van der Waals surface area contributed by atoms with Crippen LogP contribution in [0.4, 0.5) is 0 Å². The van der Waals surface area contributed by atoms with Crippen LogP contribution in [-0.2, 0) is 4.74 Å². The van der Waals surface area contributed by atoms with Crippen LogP contribution in [0.25, 0.3) is 0 Å². The highest BCUT2D eigenvalue weighted by Gasteiger charge is 2.11. The largest absolute Gasteiger partial charge is 0.384 e. The normalized spacial score (nSPS) is 24.0. The summed E-state index contributed by atoms with van der Waals surface area (Å²) in [5.74, 6) is 0. The zero-order valence-electron chi connectivity index (χ0n) is 5.89. The highest BCUT2D eigenvalue weighted by molar-refractivity contribution is 5.30. The Labute approximate surface area is 60.6 Å². The zero-order valence-corrected chi connectivity index (χ0v) is 5.89. The lowest BCUT2D eigenvalue weighted by Crippen LogP contribution is -2.24. The van der Waals surface area contributed by atoms with Crippen molar-refractivity contribution < 1.29 is 4.74 Å². The zero-order chi connectivity index (χ0) is 6.81. The molecule has 1 N–H and O–H groups in total. The molecule has 2 heterocycles. The molecule has 0 fully saturated rings. The smallest absolute Gasteiger partial charge is 0.0733 e. The van der Waals surface area contributed by atoms with Gasteiger partial charge in [0, 0.05) is 18.7 Å². The van der Waals surface area contributed by atoms with Crippen molar-refractivity contribution in [2.24, 2.45) is 0 Å². The molecule has 2 rings (SSSR count). The molecule has 0 aromatic carbocycles. The van der Waals surface area contributed by atoms with Gasteiger partial charge in [0.2, 0.25) is 0 Å². The molecular weight excluding hydrogens is 126 g/mol. The molecule has 0 aromatic heterocycles. The molecule has 0 spiro atoms. The van der Waals surface area contributed by atoms with E-state index in [4.69, 9.17) is 4.74 Å². The summed E-state index contributed by atoms with van der Waals surface area (Å²) in [7, 11) is 0. The second-order valence-corrected chi connectivity index (χ2v) is 2.59. The van der Waals surface area contributed by atoms with Crippen molar-refractivity contribution in [1.82, 2.24) is 5.32 Å². The summed E-state index contributed by atoms with van der Waals surface area (Å²) in [6.07, 6.45) is 5.35. The van der Waals surface area contributed by atoms with Crippen molar-refractivity contribution >= 4 is 0 Å². The quantitative estimate of drug-likeness (QED) is 0.533. The van der Waals surface area contributed by atoms with E-state index in [1.165, 1.54) is 11.3 Å². The molecule has 0 saturated carbocycles. The van der Waals surface area contributed by atoms with Crippen LogP contribution in [0.1, 0.15) is 6.42 Å². The Morgan fingerprint density at radius 1 is 1.50 bits per heavy atom. The molecular formula is C8H11NO. The fourth-order valence-electron chi connectivity index (χ4n) is 1.34. The molecule has 0 aliphatic carbocycles. The predicted molar refractivity (Wildman–Crippen MR) is 39.6 cm³/mol. The topological polar surface area (TPSA) is 21.3 Å². The van der Waals surface area contributed by atoms with E-state index in [0.717, 1.165) is 26.2 Å². The van der Waals surface area contributed by atoms with E-state index in [1.807, 2.05) is 0 Å². The minimum Gasteiger partial charge on any atom is -0.384 e. The SMILES string of the molecule is C1=CC2=C(CCOC2)NC1. The van der Waals surface area contributed by atoms with Gasteiger partial charge in [-0.25, -0.2) is 0 Å². The van der Waals surface area contributed by atoms with E-state index in [9.17, 15) is 0 Å². The third-order valence-corrected chi connectivity index (χ3v) is 1.89. The number of hydrogen-bond acceptors (Lipinski definition) is 2. The van der Waals surface area contributed by atoms with Crippen LogP contribution in [0.15, 0.2) is 23.4 Å². The summed E-state index contributed by atoms with van der Waals surface area (Å²) in [5.41, 5.74) is 2.71. The number of rotatable bonds is 0. The second kappa shape index (κ2) is 2.46. The van der Waals surface area contributed by atoms with Gasteiger partial charge in [0.05, 0.1) is 13.2 Å². The monoisotopic (exact) mass is 137 g/mol. The minimum atomic E-state index is 0.791. The summed E-state index contributed by atoms with van der Waals surface area (Å²) in [6.45, 7) is 2.65. The summed E-state index contributed by atoms with van der Waals surface area (Å²) in [5, 5.41) is 3.33. The van der Waals surface area contributed by atoms with Gasteiger partial charge in [-0.1, -0.05) is 12.2 Å². The molecule has 0 atom stereocenters. The van der Waals surface area contributed by atoms with Crippen molar-refractivity contribution in [3.8, 4) is 0 Å². The summed E-state index contributed by atoms with van der Waals surface area (Å²) >= 11 is 0. The molecule has 2 aliphatic heterocycles. The standard InChI is InChI=1S/C8H11NO/c1-2-7-6-10-5-3-8(7)9-4-1/h1-2,9H,3-6H2. The molecule has 0 amide bonds. The maximum Gasteiger partial charge on any atom is 0.0733 e. The summed E-state index contributed by atoms with van der Waals surface area (Å²) < 4.78 is 5.29. The van der Waals surface area contributed by atoms with Gasteiger partial charge in [-0.3, -0.25) is 0 Å². The first kappa shape index (κ1) is 5.98. The van der Waals surface area contributed by atoms with E-state index in [1.54, 1.807) is 0 Å². The van der Waals surface area contributed by atoms with E-state index >= 15 is 0 Å². The molecule has 2 nitrogen and oxygen atoms in total. The predicted octanol–water partition coefficient (Wildman–Crippen LogP) is 0.820. The Morgan fingerprint density at radius 2 is 2.50 bits per heavy atom. The van der Waals surface area contributed by atoms with Gasteiger partial charge in [-0.05, 0) is 5.57 Å². The van der Waals surface area contributed by atoms with E-state index in [2.05, 4.69) is 17.5 Å². The number of dihydropyridines is 1. The molecule has 0 radical (unpaired) electrons. The van der Waals surface area contributed by atoms with E-state index in [-0.39, 0.29) is 0 Å². The Morgan fingerprint density at radius 3 is 3.40 bits per heavy atom. The lowest BCUT2D eigenvalue weighted by molar-refractivity contribution is 0.146. The molecule has 2 heteroatoms. The molecule has 0 aromatic rings. The lowest BCUT2D eigenvalue weighted by Gasteiger charge is -2.22. The maximum absolute atomic E-state index is 5.29. The van der Waals surface area contributed by atoms with Gasteiger partial charge in [-0.2, -0.15) is 0 Å². The Hall–Kier alpha value is -0.760. The Kier molecular flexibility index (Phi) is 1.47. The average molecular weight is 137 g/mol. The molecule has 10 heavy (non-hydrogen) atoms. The van der Waals surface area contributed by atoms with Crippen molar-refractivity contribution in [1.29, 1.82) is 0 Å². The highest BCUT2D eigenvalue weighted by Crippen LogP contribution is 2.16. The van der Waals surface area contributed by atoms with Gasteiger partial charge in [0.25, 0.3) is 0 Å². The molecule has 54 valence electrons. The van der Waals surface area contributed by atoms with Crippen LogP contribution < -0.4 is 5.32 Å². The lowest BCUT2D eigenvalue weighted by atomic mass is 10.1. The van der Waals surface area contributed by atoms with Gasteiger partial charge in [0.1, 0.15) is 0 Å². The Balaban J connectivity index is 2.23. The van der Waals surface area contributed by atoms with Crippen molar-refractivity contribution in [3.05, 3.63) is 23.4 Å².